The van der Waals surface area contributed by atoms with Crippen LogP contribution in [0.1, 0.15) is 22.5 Å². The Morgan fingerprint density at radius 3 is 3.05 bits per heavy atom. The average molecular weight is 327 g/mol. The standard InChI is InChI=1S/C15H21NO5S/c1-18-6-4-16(9-11-3-2-5-19-11)15(17)14-13-12(10-22-14)20-7-8-21-13/h10-11H,2-9H2,1H3/t11-/m0/s1. The van der Waals surface area contributed by atoms with Crippen molar-refractivity contribution in [2.45, 2.75) is 18.9 Å². The smallest absolute Gasteiger partial charge is 0.268 e. The second-order valence-corrected chi connectivity index (χ2v) is 6.21. The molecule has 3 rings (SSSR count). The summed E-state index contributed by atoms with van der Waals surface area (Å²) in [5.74, 6) is 1.21. The molecule has 1 saturated heterocycles. The number of carbonyl (C=O) groups excluding carboxylic acids is 1. The van der Waals surface area contributed by atoms with Crippen LogP contribution >= 0.6 is 11.3 Å². The van der Waals surface area contributed by atoms with Gasteiger partial charge in [0.2, 0.25) is 0 Å². The van der Waals surface area contributed by atoms with E-state index in [2.05, 4.69) is 0 Å². The van der Waals surface area contributed by atoms with Gasteiger partial charge in [-0.1, -0.05) is 0 Å². The lowest BCUT2D eigenvalue weighted by atomic mass is 10.2. The molecule has 0 spiro atoms. The fourth-order valence-electron chi connectivity index (χ4n) is 2.67. The summed E-state index contributed by atoms with van der Waals surface area (Å²) in [5.41, 5.74) is 0. The van der Waals surface area contributed by atoms with E-state index in [0.717, 1.165) is 19.4 Å². The largest absolute Gasteiger partial charge is 0.485 e. The second kappa shape index (κ2) is 7.30. The van der Waals surface area contributed by atoms with Crippen molar-refractivity contribution in [3.8, 4) is 11.5 Å². The van der Waals surface area contributed by atoms with Gasteiger partial charge in [0.05, 0.1) is 12.7 Å². The molecule has 0 bridgehead atoms. The van der Waals surface area contributed by atoms with Gasteiger partial charge in [0.15, 0.2) is 11.5 Å². The number of carbonyl (C=O) groups is 1. The van der Waals surface area contributed by atoms with Crippen molar-refractivity contribution in [2.24, 2.45) is 0 Å². The van der Waals surface area contributed by atoms with Crippen molar-refractivity contribution >= 4 is 17.2 Å². The molecular formula is C15H21NO5S. The van der Waals surface area contributed by atoms with Gasteiger partial charge in [0.1, 0.15) is 18.1 Å². The molecule has 2 aliphatic rings. The van der Waals surface area contributed by atoms with Crippen molar-refractivity contribution in [3.63, 3.8) is 0 Å². The molecule has 7 heteroatoms. The molecule has 1 fully saturated rings. The molecule has 0 radical (unpaired) electrons. The molecule has 0 N–H and O–H groups in total. The molecule has 0 unspecified atom stereocenters. The monoisotopic (exact) mass is 327 g/mol. The van der Waals surface area contributed by atoms with Gasteiger partial charge in [-0.25, -0.2) is 0 Å². The minimum absolute atomic E-state index is 0.0377. The molecule has 1 aromatic rings. The zero-order chi connectivity index (χ0) is 15.4. The summed E-state index contributed by atoms with van der Waals surface area (Å²) in [4.78, 5) is 15.3. The number of ether oxygens (including phenoxy) is 4. The molecule has 0 aromatic carbocycles. The van der Waals surface area contributed by atoms with Crippen molar-refractivity contribution < 1.29 is 23.7 Å². The van der Waals surface area contributed by atoms with Gasteiger partial charge in [-0.2, -0.15) is 0 Å². The third-order valence-electron chi connectivity index (χ3n) is 3.80. The number of nitrogens with zero attached hydrogens (tertiary/aromatic N) is 1. The van der Waals surface area contributed by atoms with Crippen LogP contribution in [-0.4, -0.2) is 63.5 Å². The summed E-state index contributed by atoms with van der Waals surface area (Å²) < 4.78 is 21.9. The van der Waals surface area contributed by atoms with Crippen LogP contribution < -0.4 is 9.47 Å². The lowest BCUT2D eigenvalue weighted by Gasteiger charge is -2.25. The summed E-state index contributed by atoms with van der Waals surface area (Å²) >= 11 is 1.37. The van der Waals surface area contributed by atoms with Crippen molar-refractivity contribution in [2.75, 3.05) is 46.6 Å². The van der Waals surface area contributed by atoms with E-state index in [1.807, 2.05) is 5.38 Å². The Hall–Kier alpha value is -1.31. The highest BCUT2D eigenvalue weighted by Gasteiger charge is 2.29. The van der Waals surface area contributed by atoms with Gasteiger partial charge in [-0.3, -0.25) is 4.79 Å². The van der Waals surface area contributed by atoms with Gasteiger partial charge in [0, 0.05) is 32.2 Å². The Labute approximate surface area is 133 Å². The molecule has 122 valence electrons. The SMILES string of the molecule is COCCN(C[C@@H]1CCCO1)C(=O)c1scc2c1OCCO2. The Morgan fingerprint density at radius 1 is 1.41 bits per heavy atom. The second-order valence-electron chi connectivity index (χ2n) is 5.33. The molecule has 22 heavy (non-hydrogen) atoms. The lowest BCUT2D eigenvalue weighted by molar-refractivity contribution is 0.0454. The summed E-state index contributed by atoms with van der Waals surface area (Å²) in [6.45, 7) is 3.43. The Bertz CT molecular complexity index is 512. The fourth-order valence-corrected chi connectivity index (χ4v) is 3.56. The van der Waals surface area contributed by atoms with E-state index in [0.29, 0.717) is 49.3 Å². The predicted octanol–water partition coefficient (Wildman–Crippen LogP) is 1.79. The highest BCUT2D eigenvalue weighted by atomic mass is 32.1. The molecule has 3 heterocycles. The molecule has 1 aromatic heterocycles. The minimum atomic E-state index is -0.0377. The molecule has 1 atom stereocenters. The number of thiophene rings is 1. The first kappa shape index (κ1) is 15.6. The van der Waals surface area contributed by atoms with Crippen LogP contribution in [0.5, 0.6) is 11.5 Å². The number of amides is 1. The van der Waals surface area contributed by atoms with Gasteiger partial charge < -0.3 is 23.8 Å². The van der Waals surface area contributed by atoms with E-state index < -0.39 is 0 Å². The highest BCUT2D eigenvalue weighted by Crippen LogP contribution is 2.40. The minimum Gasteiger partial charge on any atom is -0.485 e. The van der Waals surface area contributed by atoms with Gasteiger partial charge in [-0.05, 0) is 12.8 Å². The Kier molecular flexibility index (Phi) is 5.17. The van der Waals surface area contributed by atoms with Crippen LogP contribution in [0.3, 0.4) is 0 Å². The van der Waals surface area contributed by atoms with Gasteiger partial charge in [0.25, 0.3) is 5.91 Å². The van der Waals surface area contributed by atoms with E-state index in [1.165, 1.54) is 11.3 Å². The Morgan fingerprint density at radius 2 is 2.27 bits per heavy atom. The van der Waals surface area contributed by atoms with Crippen molar-refractivity contribution in [3.05, 3.63) is 10.3 Å². The first-order valence-electron chi connectivity index (χ1n) is 7.56. The van der Waals surface area contributed by atoms with Crippen molar-refractivity contribution in [1.29, 1.82) is 0 Å². The maximum Gasteiger partial charge on any atom is 0.268 e. The van der Waals surface area contributed by atoms with Crippen LogP contribution in [0.4, 0.5) is 0 Å². The topological polar surface area (TPSA) is 57.2 Å². The van der Waals surface area contributed by atoms with Gasteiger partial charge in [-0.15, -0.1) is 11.3 Å². The van der Waals surface area contributed by atoms with Crippen LogP contribution in [0.2, 0.25) is 0 Å². The van der Waals surface area contributed by atoms with E-state index in [4.69, 9.17) is 18.9 Å². The number of hydrogen-bond donors (Lipinski definition) is 0. The number of fused-ring (bicyclic) bond motifs is 1. The quantitative estimate of drug-likeness (QED) is 0.797. The van der Waals surface area contributed by atoms with Crippen LogP contribution in [-0.2, 0) is 9.47 Å². The number of hydrogen-bond acceptors (Lipinski definition) is 6. The lowest BCUT2D eigenvalue weighted by Crippen LogP contribution is -2.39. The third kappa shape index (κ3) is 3.37. The average Bonchev–Trinajstić information content (AvgIpc) is 3.20. The third-order valence-corrected chi connectivity index (χ3v) is 4.72. The highest BCUT2D eigenvalue weighted by molar-refractivity contribution is 7.12. The van der Waals surface area contributed by atoms with Crippen LogP contribution in [0.15, 0.2) is 5.38 Å². The molecule has 0 saturated carbocycles. The molecule has 2 aliphatic heterocycles. The summed E-state index contributed by atoms with van der Waals surface area (Å²) in [5, 5.41) is 1.84. The summed E-state index contributed by atoms with van der Waals surface area (Å²) in [6.07, 6.45) is 2.18. The zero-order valence-electron chi connectivity index (χ0n) is 12.7. The van der Waals surface area contributed by atoms with Gasteiger partial charge >= 0.3 is 0 Å². The number of rotatable bonds is 6. The van der Waals surface area contributed by atoms with E-state index in [9.17, 15) is 4.79 Å². The van der Waals surface area contributed by atoms with Crippen LogP contribution in [0, 0.1) is 0 Å². The molecular weight excluding hydrogens is 306 g/mol. The number of methoxy groups -OCH3 is 1. The first-order valence-corrected chi connectivity index (χ1v) is 8.44. The Balaban J connectivity index is 1.74. The maximum absolute atomic E-state index is 12.9. The normalized spacial score (nSPS) is 20.1. The first-order chi connectivity index (χ1) is 10.8. The predicted molar refractivity (Wildman–Crippen MR) is 82.1 cm³/mol. The molecule has 1 amide bonds. The zero-order valence-corrected chi connectivity index (χ0v) is 13.5. The molecule has 0 aliphatic carbocycles. The van der Waals surface area contributed by atoms with Crippen LogP contribution in [0.25, 0.3) is 0 Å². The van der Waals surface area contributed by atoms with E-state index >= 15 is 0 Å². The van der Waals surface area contributed by atoms with Crippen molar-refractivity contribution in [1.82, 2.24) is 4.90 Å². The fraction of sp³-hybridized carbons (Fsp3) is 0.667. The molecule has 6 nitrogen and oxygen atoms in total. The van der Waals surface area contributed by atoms with E-state index in [1.54, 1.807) is 12.0 Å². The summed E-state index contributed by atoms with van der Waals surface area (Å²) in [7, 11) is 1.64. The summed E-state index contributed by atoms with van der Waals surface area (Å²) in [6, 6.07) is 0. The maximum atomic E-state index is 12.9. The van der Waals surface area contributed by atoms with E-state index in [-0.39, 0.29) is 12.0 Å².